The fourth-order valence-corrected chi connectivity index (χ4v) is 4.16. The van der Waals surface area contributed by atoms with Gasteiger partial charge in [0.2, 0.25) is 0 Å². The van der Waals surface area contributed by atoms with Gasteiger partial charge in [-0.1, -0.05) is 23.7 Å². The van der Waals surface area contributed by atoms with Crippen molar-refractivity contribution in [2.24, 2.45) is 0 Å². The Balaban J connectivity index is 1.87. The van der Waals surface area contributed by atoms with Gasteiger partial charge in [0.25, 0.3) is 0 Å². The predicted octanol–water partition coefficient (Wildman–Crippen LogP) is 3.59. The van der Waals surface area contributed by atoms with Gasteiger partial charge >= 0.3 is 0 Å². The first kappa shape index (κ1) is 16.6. The largest absolute Gasteiger partial charge is 0.384 e. The molecule has 1 N–H and O–H groups in total. The van der Waals surface area contributed by atoms with E-state index in [0.717, 1.165) is 35.6 Å². The van der Waals surface area contributed by atoms with E-state index >= 15 is 0 Å². The highest BCUT2D eigenvalue weighted by Gasteiger charge is 2.29. The summed E-state index contributed by atoms with van der Waals surface area (Å²) >= 11 is 6.57. The molecule has 0 aliphatic carbocycles. The third kappa shape index (κ3) is 2.84. The van der Waals surface area contributed by atoms with Crippen LogP contribution in [0, 0.1) is 0 Å². The van der Waals surface area contributed by atoms with Gasteiger partial charge < -0.3 is 14.6 Å². The van der Waals surface area contributed by atoms with Crippen molar-refractivity contribution >= 4 is 22.5 Å². The van der Waals surface area contributed by atoms with Gasteiger partial charge in [-0.15, -0.1) is 0 Å². The van der Waals surface area contributed by atoms with Crippen molar-refractivity contribution in [2.75, 3.05) is 13.6 Å². The minimum Gasteiger partial charge on any atom is -0.384 e. The lowest BCUT2D eigenvalue weighted by molar-refractivity contribution is 0.0384. The summed E-state index contributed by atoms with van der Waals surface area (Å²) < 4.78 is 2.22. The Morgan fingerprint density at radius 1 is 1.24 bits per heavy atom. The minimum absolute atomic E-state index is 0.469. The molecule has 4 rings (SSSR count). The van der Waals surface area contributed by atoms with Crippen molar-refractivity contribution in [1.29, 1.82) is 0 Å². The molecule has 25 heavy (non-hydrogen) atoms. The monoisotopic (exact) mass is 355 g/mol. The number of hydrogen-bond donors (Lipinski definition) is 1. The van der Waals surface area contributed by atoms with Gasteiger partial charge in [0, 0.05) is 43.0 Å². The summed E-state index contributed by atoms with van der Waals surface area (Å²) in [6.45, 7) is 4.25. The summed E-state index contributed by atoms with van der Waals surface area (Å²) in [4.78, 5) is 6.38. The number of benzene rings is 1. The molecule has 0 bridgehead atoms. The van der Waals surface area contributed by atoms with Crippen molar-refractivity contribution < 1.29 is 5.11 Å². The fourth-order valence-electron chi connectivity index (χ4n) is 3.88. The van der Waals surface area contributed by atoms with Crippen LogP contribution in [0.3, 0.4) is 0 Å². The van der Waals surface area contributed by atoms with Crippen molar-refractivity contribution in [3.05, 3.63) is 64.6 Å². The number of nitrogens with zero attached hydrogens (tertiary/aromatic N) is 3. The molecule has 0 saturated carbocycles. The molecule has 1 aromatic carbocycles. The van der Waals surface area contributed by atoms with Crippen LogP contribution in [0.2, 0.25) is 5.02 Å². The van der Waals surface area contributed by atoms with Gasteiger partial charge in [0.1, 0.15) is 5.60 Å². The average molecular weight is 356 g/mol. The smallest absolute Gasteiger partial charge is 0.105 e. The van der Waals surface area contributed by atoms with E-state index in [-0.39, 0.29) is 0 Å². The Kier molecular flexibility index (Phi) is 4.07. The van der Waals surface area contributed by atoms with Crippen LogP contribution in [0.25, 0.3) is 10.9 Å². The van der Waals surface area contributed by atoms with Gasteiger partial charge in [-0.25, -0.2) is 0 Å². The molecule has 2 aromatic heterocycles. The van der Waals surface area contributed by atoms with Crippen molar-refractivity contribution in [1.82, 2.24) is 14.5 Å². The maximum absolute atomic E-state index is 11.2. The first-order chi connectivity index (χ1) is 12.0. The molecule has 3 aromatic rings. The zero-order chi connectivity index (χ0) is 17.6. The highest BCUT2D eigenvalue weighted by atomic mass is 35.5. The van der Waals surface area contributed by atoms with Crippen LogP contribution >= 0.6 is 11.6 Å². The van der Waals surface area contributed by atoms with Crippen molar-refractivity contribution in [3.63, 3.8) is 0 Å². The minimum atomic E-state index is -0.995. The number of hydrogen-bond acceptors (Lipinski definition) is 3. The molecule has 1 unspecified atom stereocenters. The van der Waals surface area contributed by atoms with Crippen LogP contribution in [0.15, 0.2) is 42.7 Å². The normalized spacial score (nSPS) is 17.4. The van der Waals surface area contributed by atoms with Crippen molar-refractivity contribution in [3.8, 4) is 0 Å². The molecule has 0 radical (unpaired) electrons. The summed E-state index contributed by atoms with van der Waals surface area (Å²) in [7, 11) is 2.14. The summed E-state index contributed by atoms with van der Waals surface area (Å²) in [5.41, 5.74) is 3.51. The zero-order valence-corrected chi connectivity index (χ0v) is 15.3. The molecule has 1 aliphatic heterocycles. The standard InChI is InChI=1S/C20H22ClN3O/c1-20(25,14-6-9-22-10-7-14)13-24-18-8-11-23(2)12-16(18)15-4-3-5-17(21)19(15)24/h3-7,9-10,25H,8,11-13H2,1-2H3. The SMILES string of the molecule is CN1CCc2c(c3cccc(Cl)c3n2CC(C)(O)c2ccncc2)C1. The fraction of sp³-hybridized carbons (Fsp3) is 0.350. The van der Waals surface area contributed by atoms with Crippen LogP contribution < -0.4 is 0 Å². The Hall–Kier alpha value is -1.88. The van der Waals surface area contributed by atoms with E-state index in [1.807, 2.05) is 31.2 Å². The topological polar surface area (TPSA) is 41.3 Å². The Labute approximate surface area is 152 Å². The molecule has 1 atom stereocenters. The van der Waals surface area contributed by atoms with E-state index in [4.69, 9.17) is 11.6 Å². The third-order valence-corrected chi connectivity index (χ3v) is 5.49. The molecule has 0 saturated heterocycles. The van der Waals surface area contributed by atoms with Gasteiger partial charge in [0.15, 0.2) is 0 Å². The Morgan fingerprint density at radius 2 is 2.00 bits per heavy atom. The van der Waals surface area contributed by atoms with Gasteiger partial charge in [0.05, 0.1) is 17.1 Å². The molecule has 4 nitrogen and oxygen atoms in total. The quantitative estimate of drug-likeness (QED) is 0.780. The summed E-state index contributed by atoms with van der Waals surface area (Å²) in [6.07, 6.45) is 4.40. The Morgan fingerprint density at radius 3 is 2.76 bits per heavy atom. The lowest BCUT2D eigenvalue weighted by Gasteiger charge is -2.29. The highest BCUT2D eigenvalue weighted by molar-refractivity contribution is 6.35. The number of halogens is 1. The second kappa shape index (κ2) is 6.13. The van der Waals surface area contributed by atoms with E-state index in [9.17, 15) is 5.11 Å². The molecular formula is C20H22ClN3O. The second-order valence-corrected chi connectivity index (χ2v) is 7.55. The van der Waals surface area contributed by atoms with Crippen LogP contribution in [-0.4, -0.2) is 33.1 Å². The van der Waals surface area contributed by atoms with E-state index in [1.54, 1.807) is 12.4 Å². The molecule has 0 fully saturated rings. The zero-order valence-electron chi connectivity index (χ0n) is 14.5. The lowest BCUT2D eigenvalue weighted by atomic mass is 9.96. The molecular weight excluding hydrogens is 334 g/mol. The van der Waals surface area contributed by atoms with Gasteiger partial charge in [-0.05, 0) is 43.3 Å². The summed E-state index contributed by atoms with van der Waals surface area (Å²) in [5, 5.41) is 13.1. The highest BCUT2D eigenvalue weighted by Crippen LogP contribution is 2.36. The van der Waals surface area contributed by atoms with Crippen LogP contribution in [0.4, 0.5) is 0 Å². The Bertz CT molecular complexity index is 918. The number of aromatic nitrogens is 2. The maximum atomic E-state index is 11.2. The maximum Gasteiger partial charge on any atom is 0.105 e. The number of pyridine rings is 1. The van der Waals surface area contributed by atoms with E-state index < -0.39 is 5.60 Å². The van der Waals surface area contributed by atoms with Crippen LogP contribution in [-0.2, 0) is 25.1 Å². The summed E-state index contributed by atoms with van der Waals surface area (Å²) in [6, 6.07) is 9.81. The molecule has 130 valence electrons. The van der Waals surface area contributed by atoms with E-state index in [0.29, 0.717) is 6.54 Å². The van der Waals surface area contributed by atoms with E-state index in [2.05, 4.69) is 27.6 Å². The van der Waals surface area contributed by atoms with Crippen molar-refractivity contribution in [2.45, 2.75) is 32.0 Å². The van der Waals surface area contributed by atoms with Crippen LogP contribution in [0.1, 0.15) is 23.7 Å². The number of fused-ring (bicyclic) bond motifs is 3. The molecule has 3 heterocycles. The number of aliphatic hydroxyl groups is 1. The molecule has 5 heteroatoms. The first-order valence-corrected chi connectivity index (χ1v) is 8.95. The first-order valence-electron chi connectivity index (χ1n) is 8.57. The van der Waals surface area contributed by atoms with E-state index in [1.165, 1.54) is 16.6 Å². The van der Waals surface area contributed by atoms with Crippen LogP contribution in [0.5, 0.6) is 0 Å². The second-order valence-electron chi connectivity index (χ2n) is 7.14. The third-order valence-electron chi connectivity index (χ3n) is 5.18. The number of para-hydroxylation sites is 1. The molecule has 0 spiro atoms. The average Bonchev–Trinajstić information content (AvgIpc) is 2.90. The lowest BCUT2D eigenvalue weighted by Crippen LogP contribution is -2.31. The summed E-state index contributed by atoms with van der Waals surface area (Å²) in [5.74, 6) is 0. The molecule has 0 amide bonds. The number of likely N-dealkylation sites (N-methyl/N-ethyl adjacent to an activating group) is 1. The van der Waals surface area contributed by atoms with Gasteiger partial charge in [-0.3, -0.25) is 4.98 Å². The van der Waals surface area contributed by atoms with Gasteiger partial charge in [-0.2, -0.15) is 0 Å². The molecule has 1 aliphatic rings. The number of rotatable bonds is 3. The predicted molar refractivity (Wildman–Crippen MR) is 101 cm³/mol.